The number of hydrogen-bond acceptors (Lipinski definition) is 5. The van der Waals surface area contributed by atoms with E-state index in [1.807, 2.05) is 14.1 Å². The van der Waals surface area contributed by atoms with Crippen molar-refractivity contribution in [1.29, 1.82) is 0 Å². The second-order valence-electron chi connectivity index (χ2n) is 4.72. The van der Waals surface area contributed by atoms with Crippen LogP contribution < -0.4 is 4.90 Å². The molecular formula is C13H17N3O4. The number of pyridine rings is 1. The average molecular weight is 279 g/mol. The van der Waals surface area contributed by atoms with Gasteiger partial charge in [0, 0.05) is 32.4 Å². The van der Waals surface area contributed by atoms with Gasteiger partial charge in [-0.25, -0.2) is 9.78 Å². The van der Waals surface area contributed by atoms with E-state index in [4.69, 9.17) is 9.84 Å². The van der Waals surface area contributed by atoms with E-state index in [0.717, 1.165) is 0 Å². The third-order valence-corrected chi connectivity index (χ3v) is 3.13. The molecule has 2 rings (SSSR count). The summed E-state index contributed by atoms with van der Waals surface area (Å²) >= 11 is 0. The Morgan fingerprint density at radius 2 is 2.25 bits per heavy atom. The van der Waals surface area contributed by atoms with Crippen LogP contribution in [0.25, 0.3) is 0 Å². The van der Waals surface area contributed by atoms with Gasteiger partial charge in [-0.15, -0.1) is 0 Å². The second kappa shape index (κ2) is 5.87. The van der Waals surface area contributed by atoms with Crippen LogP contribution in [0.1, 0.15) is 10.4 Å². The van der Waals surface area contributed by atoms with Gasteiger partial charge < -0.3 is 19.6 Å². The van der Waals surface area contributed by atoms with Crippen molar-refractivity contribution < 1.29 is 19.4 Å². The van der Waals surface area contributed by atoms with Gasteiger partial charge in [-0.3, -0.25) is 4.79 Å². The van der Waals surface area contributed by atoms with E-state index in [-0.39, 0.29) is 19.1 Å². The van der Waals surface area contributed by atoms with Gasteiger partial charge in [-0.2, -0.15) is 0 Å². The first kappa shape index (κ1) is 14.3. The summed E-state index contributed by atoms with van der Waals surface area (Å²) < 4.78 is 5.13. The Morgan fingerprint density at radius 1 is 1.50 bits per heavy atom. The van der Waals surface area contributed by atoms with Gasteiger partial charge >= 0.3 is 5.97 Å². The number of morpholine rings is 1. The van der Waals surface area contributed by atoms with Gasteiger partial charge in [0.15, 0.2) is 6.04 Å². The number of anilines is 1. The predicted molar refractivity (Wildman–Crippen MR) is 71.8 cm³/mol. The molecule has 0 aromatic carbocycles. The van der Waals surface area contributed by atoms with Crippen molar-refractivity contribution in [3.8, 4) is 0 Å². The number of carboxylic acids is 1. The van der Waals surface area contributed by atoms with Gasteiger partial charge in [-0.1, -0.05) is 0 Å². The Morgan fingerprint density at radius 3 is 2.90 bits per heavy atom. The van der Waals surface area contributed by atoms with Crippen LogP contribution in [0.5, 0.6) is 0 Å². The summed E-state index contributed by atoms with van der Waals surface area (Å²) in [5.74, 6) is -0.720. The highest BCUT2D eigenvalue weighted by Crippen LogP contribution is 2.16. The zero-order valence-corrected chi connectivity index (χ0v) is 11.4. The van der Waals surface area contributed by atoms with Gasteiger partial charge in [-0.05, 0) is 12.1 Å². The number of amides is 1. The predicted octanol–water partition coefficient (Wildman–Crippen LogP) is 0.0732. The Kier molecular flexibility index (Phi) is 4.19. The van der Waals surface area contributed by atoms with Crippen LogP contribution in [-0.2, 0) is 9.53 Å². The number of hydrogen-bond donors (Lipinski definition) is 1. The van der Waals surface area contributed by atoms with Gasteiger partial charge in [0.1, 0.15) is 5.82 Å². The van der Waals surface area contributed by atoms with Crippen LogP contribution in [0.4, 0.5) is 5.82 Å². The molecule has 20 heavy (non-hydrogen) atoms. The summed E-state index contributed by atoms with van der Waals surface area (Å²) in [7, 11) is 3.65. The molecule has 0 bridgehead atoms. The lowest BCUT2D eigenvalue weighted by Crippen LogP contribution is -2.52. The van der Waals surface area contributed by atoms with E-state index < -0.39 is 12.0 Å². The van der Waals surface area contributed by atoms with E-state index in [9.17, 15) is 9.59 Å². The number of carboxylic acid groups (broad SMARTS) is 1. The Balaban J connectivity index is 2.25. The number of nitrogens with zero attached hydrogens (tertiary/aromatic N) is 3. The van der Waals surface area contributed by atoms with Gasteiger partial charge in [0.25, 0.3) is 5.91 Å². The van der Waals surface area contributed by atoms with E-state index in [2.05, 4.69) is 4.98 Å². The standard InChI is InChI=1S/C13H17N3O4/c1-15(2)11-7-9(3-4-14-11)12(17)16-5-6-20-8-10(16)13(18)19/h3-4,7,10H,5-6,8H2,1-2H3,(H,18,19). The SMILES string of the molecule is CN(C)c1cc(C(=O)N2CCOCC2C(=O)O)ccn1. The van der Waals surface area contributed by atoms with Gasteiger partial charge in [0.05, 0.1) is 13.2 Å². The molecule has 1 aromatic rings. The molecule has 1 atom stereocenters. The molecule has 1 N–H and O–H groups in total. The van der Waals surface area contributed by atoms with Crippen molar-refractivity contribution in [1.82, 2.24) is 9.88 Å². The molecule has 7 heteroatoms. The summed E-state index contributed by atoms with van der Waals surface area (Å²) in [6, 6.07) is 2.30. The first-order valence-corrected chi connectivity index (χ1v) is 6.25. The molecule has 0 spiro atoms. The molecular weight excluding hydrogens is 262 g/mol. The summed E-state index contributed by atoms with van der Waals surface area (Å²) in [4.78, 5) is 30.9. The molecule has 1 fully saturated rings. The van der Waals surface area contributed by atoms with Gasteiger partial charge in [0.2, 0.25) is 0 Å². The zero-order chi connectivity index (χ0) is 14.7. The quantitative estimate of drug-likeness (QED) is 0.843. The maximum atomic E-state index is 12.5. The molecule has 7 nitrogen and oxygen atoms in total. The van der Waals surface area contributed by atoms with Crippen molar-refractivity contribution >= 4 is 17.7 Å². The third-order valence-electron chi connectivity index (χ3n) is 3.13. The maximum absolute atomic E-state index is 12.5. The highest BCUT2D eigenvalue weighted by atomic mass is 16.5. The minimum atomic E-state index is -1.06. The van der Waals surface area contributed by atoms with E-state index in [1.54, 1.807) is 23.2 Å². The summed E-state index contributed by atoms with van der Waals surface area (Å²) in [6.07, 6.45) is 1.54. The first-order chi connectivity index (χ1) is 9.50. The molecule has 2 heterocycles. The topological polar surface area (TPSA) is 83.0 Å². The fraction of sp³-hybridized carbons (Fsp3) is 0.462. The molecule has 0 aliphatic carbocycles. The summed E-state index contributed by atoms with van der Waals surface area (Å²) in [5, 5.41) is 9.15. The minimum absolute atomic E-state index is 0.0205. The van der Waals surface area contributed by atoms with E-state index in [1.165, 1.54) is 4.90 Å². The molecule has 1 saturated heterocycles. The van der Waals surface area contributed by atoms with Crippen LogP contribution in [0.3, 0.4) is 0 Å². The monoisotopic (exact) mass is 279 g/mol. The lowest BCUT2D eigenvalue weighted by Gasteiger charge is -2.33. The zero-order valence-electron chi connectivity index (χ0n) is 11.4. The number of rotatable bonds is 3. The molecule has 108 valence electrons. The highest BCUT2D eigenvalue weighted by Gasteiger charge is 2.33. The summed E-state index contributed by atoms with van der Waals surface area (Å²) in [6.45, 7) is 0.642. The molecule has 1 unspecified atom stereocenters. The fourth-order valence-corrected chi connectivity index (χ4v) is 2.01. The largest absolute Gasteiger partial charge is 0.480 e. The van der Waals surface area contributed by atoms with Crippen LogP contribution in [0.15, 0.2) is 18.3 Å². The molecule has 1 amide bonds. The normalized spacial score (nSPS) is 18.7. The molecule has 1 aromatic heterocycles. The molecule has 0 radical (unpaired) electrons. The van der Waals surface area contributed by atoms with Crippen molar-refractivity contribution in [2.75, 3.05) is 38.8 Å². The Hall–Kier alpha value is -2.15. The molecule has 0 saturated carbocycles. The smallest absolute Gasteiger partial charge is 0.328 e. The highest BCUT2D eigenvalue weighted by molar-refractivity contribution is 5.97. The van der Waals surface area contributed by atoms with Crippen LogP contribution >= 0.6 is 0 Å². The number of carbonyl (C=O) groups is 2. The lowest BCUT2D eigenvalue weighted by molar-refractivity contribution is -0.147. The summed E-state index contributed by atoms with van der Waals surface area (Å²) in [5.41, 5.74) is 0.428. The van der Waals surface area contributed by atoms with E-state index in [0.29, 0.717) is 18.0 Å². The fourth-order valence-electron chi connectivity index (χ4n) is 2.01. The maximum Gasteiger partial charge on any atom is 0.328 e. The number of carbonyl (C=O) groups excluding carboxylic acids is 1. The van der Waals surface area contributed by atoms with Crippen molar-refractivity contribution in [3.63, 3.8) is 0 Å². The minimum Gasteiger partial charge on any atom is -0.480 e. The molecule has 1 aliphatic rings. The first-order valence-electron chi connectivity index (χ1n) is 6.25. The van der Waals surface area contributed by atoms with Crippen molar-refractivity contribution in [2.45, 2.75) is 6.04 Å². The number of aromatic nitrogens is 1. The number of ether oxygens (including phenoxy) is 1. The van der Waals surface area contributed by atoms with Crippen LogP contribution in [0.2, 0.25) is 0 Å². The van der Waals surface area contributed by atoms with E-state index >= 15 is 0 Å². The Labute approximate surface area is 116 Å². The Bertz CT molecular complexity index is 518. The van der Waals surface area contributed by atoms with Crippen molar-refractivity contribution in [2.24, 2.45) is 0 Å². The van der Waals surface area contributed by atoms with Crippen molar-refractivity contribution in [3.05, 3.63) is 23.9 Å². The molecule has 1 aliphatic heterocycles. The third kappa shape index (κ3) is 2.88. The second-order valence-corrected chi connectivity index (χ2v) is 4.72. The number of aliphatic carboxylic acids is 1. The van der Waals surface area contributed by atoms with Crippen LogP contribution in [0, 0.1) is 0 Å². The average Bonchev–Trinajstić information content (AvgIpc) is 2.46. The lowest BCUT2D eigenvalue weighted by atomic mass is 10.1. The van der Waals surface area contributed by atoms with Crippen LogP contribution in [-0.4, -0.2) is 66.8 Å².